The molecule has 2 fully saturated rings. The molecule has 0 radical (unpaired) electrons. The van der Waals surface area contributed by atoms with Crippen molar-refractivity contribution in [2.75, 3.05) is 37.7 Å². The summed E-state index contributed by atoms with van der Waals surface area (Å²) in [6.45, 7) is 6.70. The average Bonchev–Trinajstić information content (AvgIpc) is 3.29. The smallest absolute Gasteiger partial charge is 0.313 e. The summed E-state index contributed by atoms with van der Waals surface area (Å²) < 4.78 is 1.18. The van der Waals surface area contributed by atoms with Crippen LogP contribution in [0.4, 0.5) is 11.5 Å². The third-order valence-electron chi connectivity index (χ3n) is 7.53. The van der Waals surface area contributed by atoms with Crippen molar-refractivity contribution >= 4 is 44.9 Å². The number of nitrogens with zero attached hydrogens (tertiary/aromatic N) is 4. The molecule has 3 aromatic rings. The number of likely N-dealkylation sites (tertiary alicyclic amines) is 2. The number of benzene rings is 1. The summed E-state index contributed by atoms with van der Waals surface area (Å²) in [4.78, 5) is 39.5. The first kappa shape index (κ1) is 24.6. The van der Waals surface area contributed by atoms with E-state index in [-0.39, 0.29) is 6.04 Å². The van der Waals surface area contributed by atoms with Crippen LogP contribution >= 0.6 is 11.3 Å². The fraction of sp³-hybridized carbons (Fsp3) is 0.481. The fourth-order valence-electron chi connectivity index (χ4n) is 5.29. The first-order valence-electron chi connectivity index (χ1n) is 12.7. The lowest BCUT2D eigenvalue weighted by molar-refractivity contribution is -0.146. The lowest BCUT2D eigenvalue weighted by Crippen LogP contribution is -2.46. The van der Waals surface area contributed by atoms with Gasteiger partial charge in [-0.05, 0) is 88.0 Å². The highest BCUT2D eigenvalue weighted by atomic mass is 32.1. The molecule has 2 aliphatic heterocycles. The molecule has 5 rings (SSSR count). The van der Waals surface area contributed by atoms with E-state index >= 15 is 0 Å². The Labute approximate surface area is 215 Å². The van der Waals surface area contributed by atoms with Gasteiger partial charge in [0.15, 0.2) is 0 Å². The standard InChI is InChI=1S/C27H34N6O2S/c1-16-4-6-22(33(15-16)27(35)25(34)30-20-12-17(2)24(28)29-14-20)19-5-7-23-21(13-19)31-26(36-23)18-8-10-32(3)11-9-18/h5,7,12-14,16,18,22H,4,6,8-11,15H2,1-3H3,(H2,28,29)(H,30,34)/t16-,22-/m1/s1. The fourth-order valence-corrected chi connectivity index (χ4v) is 6.41. The van der Waals surface area contributed by atoms with E-state index in [1.165, 1.54) is 15.9 Å². The first-order valence-corrected chi connectivity index (χ1v) is 13.5. The van der Waals surface area contributed by atoms with Gasteiger partial charge in [0.1, 0.15) is 5.82 Å². The predicted octanol–water partition coefficient (Wildman–Crippen LogP) is 4.33. The largest absolute Gasteiger partial charge is 0.383 e. The van der Waals surface area contributed by atoms with Gasteiger partial charge in [-0.15, -0.1) is 11.3 Å². The van der Waals surface area contributed by atoms with Crippen molar-refractivity contribution < 1.29 is 9.59 Å². The number of nitrogen functional groups attached to an aromatic ring is 1. The molecule has 9 heteroatoms. The van der Waals surface area contributed by atoms with Crippen LogP contribution in [0.15, 0.2) is 30.5 Å². The Kier molecular flexibility index (Phi) is 6.94. The van der Waals surface area contributed by atoms with Crippen molar-refractivity contribution in [1.29, 1.82) is 0 Å². The lowest BCUT2D eigenvalue weighted by atomic mass is 9.89. The van der Waals surface area contributed by atoms with E-state index in [1.807, 2.05) is 6.92 Å². The molecule has 0 aliphatic carbocycles. The van der Waals surface area contributed by atoms with E-state index in [2.05, 4.69) is 47.4 Å². The van der Waals surface area contributed by atoms with Crippen LogP contribution in [0.3, 0.4) is 0 Å². The Morgan fingerprint density at radius 3 is 2.67 bits per heavy atom. The zero-order valence-corrected chi connectivity index (χ0v) is 22.0. The maximum Gasteiger partial charge on any atom is 0.313 e. The molecular weight excluding hydrogens is 472 g/mol. The predicted molar refractivity (Wildman–Crippen MR) is 144 cm³/mol. The van der Waals surface area contributed by atoms with E-state index in [0.29, 0.717) is 29.9 Å². The van der Waals surface area contributed by atoms with Crippen molar-refractivity contribution in [2.24, 2.45) is 5.92 Å². The summed E-state index contributed by atoms with van der Waals surface area (Å²) in [5, 5.41) is 3.92. The van der Waals surface area contributed by atoms with Crippen LogP contribution in [-0.2, 0) is 9.59 Å². The minimum atomic E-state index is -0.653. The maximum absolute atomic E-state index is 13.3. The van der Waals surface area contributed by atoms with Gasteiger partial charge in [0.25, 0.3) is 0 Å². The number of amides is 2. The number of hydrogen-bond acceptors (Lipinski definition) is 7. The van der Waals surface area contributed by atoms with Crippen LogP contribution in [0.25, 0.3) is 10.2 Å². The van der Waals surface area contributed by atoms with Crippen LogP contribution in [-0.4, -0.2) is 58.3 Å². The van der Waals surface area contributed by atoms with Gasteiger partial charge in [-0.2, -0.15) is 0 Å². The third kappa shape index (κ3) is 5.08. The number of aryl methyl sites for hydroxylation is 1. The molecule has 3 N–H and O–H groups in total. The molecule has 0 saturated carbocycles. The van der Waals surface area contributed by atoms with Gasteiger partial charge in [-0.25, -0.2) is 9.97 Å². The molecule has 0 bridgehead atoms. The van der Waals surface area contributed by atoms with Gasteiger partial charge >= 0.3 is 11.8 Å². The molecule has 4 heterocycles. The molecule has 190 valence electrons. The minimum absolute atomic E-state index is 0.149. The van der Waals surface area contributed by atoms with Crippen LogP contribution in [0, 0.1) is 12.8 Å². The second-order valence-corrected chi connectivity index (χ2v) is 11.5. The number of hydrogen-bond donors (Lipinski definition) is 2. The Balaban J connectivity index is 1.36. The second-order valence-electron chi connectivity index (χ2n) is 10.4. The molecule has 0 unspecified atom stereocenters. The third-order valence-corrected chi connectivity index (χ3v) is 8.73. The maximum atomic E-state index is 13.3. The molecule has 8 nitrogen and oxygen atoms in total. The highest BCUT2D eigenvalue weighted by Gasteiger charge is 2.34. The molecule has 2 atom stereocenters. The highest BCUT2D eigenvalue weighted by Crippen LogP contribution is 2.38. The lowest BCUT2D eigenvalue weighted by Gasteiger charge is -2.38. The number of carbonyl (C=O) groups is 2. The van der Waals surface area contributed by atoms with Gasteiger partial charge in [0, 0.05) is 12.5 Å². The number of anilines is 2. The van der Waals surface area contributed by atoms with E-state index in [0.717, 1.165) is 55.4 Å². The normalized spacial score (nSPS) is 21.6. The van der Waals surface area contributed by atoms with Crippen molar-refractivity contribution in [3.63, 3.8) is 0 Å². The monoisotopic (exact) mass is 506 g/mol. The molecule has 0 spiro atoms. The van der Waals surface area contributed by atoms with Crippen molar-refractivity contribution in [3.05, 3.63) is 46.6 Å². The summed E-state index contributed by atoms with van der Waals surface area (Å²) in [5.74, 6) is 0.0784. The molecular formula is C27H34N6O2S. The van der Waals surface area contributed by atoms with Gasteiger partial charge in [0.2, 0.25) is 0 Å². The molecule has 2 saturated heterocycles. The van der Waals surface area contributed by atoms with Gasteiger partial charge in [-0.1, -0.05) is 13.0 Å². The second kappa shape index (κ2) is 10.1. The Hall–Kier alpha value is -3.04. The highest BCUT2D eigenvalue weighted by molar-refractivity contribution is 7.18. The van der Waals surface area contributed by atoms with Crippen LogP contribution in [0.2, 0.25) is 0 Å². The summed E-state index contributed by atoms with van der Waals surface area (Å²) in [7, 11) is 2.17. The number of aromatic nitrogens is 2. The van der Waals surface area contributed by atoms with Crippen molar-refractivity contribution in [2.45, 2.75) is 51.5 Å². The van der Waals surface area contributed by atoms with E-state index in [1.54, 1.807) is 22.3 Å². The number of pyridine rings is 1. The van der Waals surface area contributed by atoms with Crippen molar-refractivity contribution in [1.82, 2.24) is 19.8 Å². The van der Waals surface area contributed by atoms with Gasteiger partial charge in [-0.3, -0.25) is 9.59 Å². The van der Waals surface area contributed by atoms with Crippen LogP contribution < -0.4 is 11.1 Å². The molecule has 36 heavy (non-hydrogen) atoms. The number of fused-ring (bicyclic) bond motifs is 1. The Morgan fingerprint density at radius 1 is 1.14 bits per heavy atom. The van der Waals surface area contributed by atoms with E-state index in [9.17, 15) is 9.59 Å². The number of carbonyl (C=O) groups excluding carboxylic acids is 2. The molecule has 2 amide bonds. The quantitative estimate of drug-likeness (QED) is 0.513. The molecule has 2 aliphatic rings. The Bertz CT molecular complexity index is 1280. The van der Waals surface area contributed by atoms with Crippen LogP contribution in [0.5, 0.6) is 0 Å². The number of nitrogens with two attached hydrogens (primary N) is 1. The van der Waals surface area contributed by atoms with Gasteiger partial charge in [0.05, 0.1) is 33.2 Å². The SMILES string of the molecule is Cc1cc(NC(=O)C(=O)N2C[C@H](C)CC[C@@H]2c2ccc3sc(C4CCN(C)CC4)nc3c2)cnc1N. The van der Waals surface area contributed by atoms with E-state index in [4.69, 9.17) is 10.7 Å². The van der Waals surface area contributed by atoms with E-state index < -0.39 is 11.8 Å². The molecule has 2 aromatic heterocycles. The first-order chi connectivity index (χ1) is 17.3. The zero-order valence-electron chi connectivity index (χ0n) is 21.2. The summed E-state index contributed by atoms with van der Waals surface area (Å²) in [6.07, 6.45) is 5.59. The summed E-state index contributed by atoms with van der Waals surface area (Å²) in [6, 6.07) is 7.93. The Morgan fingerprint density at radius 2 is 1.92 bits per heavy atom. The zero-order chi connectivity index (χ0) is 25.4. The number of nitrogens with one attached hydrogen (secondary N) is 1. The minimum Gasteiger partial charge on any atom is -0.383 e. The number of rotatable bonds is 3. The van der Waals surface area contributed by atoms with Crippen LogP contribution in [0.1, 0.15) is 60.7 Å². The number of thiazole rings is 1. The summed E-state index contributed by atoms with van der Waals surface area (Å²) in [5.41, 5.74) is 9.03. The average molecular weight is 507 g/mol. The molecule has 1 aromatic carbocycles. The summed E-state index contributed by atoms with van der Waals surface area (Å²) >= 11 is 1.79. The van der Waals surface area contributed by atoms with Crippen molar-refractivity contribution in [3.8, 4) is 0 Å². The topological polar surface area (TPSA) is 104 Å². The number of piperidine rings is 2. The van der Waals surface area contributed by atoms with Gasteiger partial charge < -0.3 is 20.9 Å².